The molecule has 1 aromatic carbocycles. The number of aliphatic hydroxyl groups excluding tert-OH is 1. The van der Waals surface area contributed by atoms with Gasteiger partial charge in [0.05, 0.1) is 10.6 Å². The van der Waals surface area contributed by atoms with Crippen LogP contribution in [0.5, 0.6) is 0 Å². The monoisotopic (exact) mass is 289 g/mol. The minimum Gasteiger partial charge on any atom is -0.388 e. The number of hydrogen-bond donors (Lipinski definition) is 2. The number of nitrogens with two attached hydrogens (primary N) is 1. The second kappa shape index (κ2) is 6.33. The second-order valence-electron chi connectivity index (χ2n) is 3.87. The Morgan fingerprint density at radius 2 is 2.19 bits per heavy atom. The van der Waals surface area contributed by atoms with E-state index in [1.165, 1.54) is 0 Å². The van der Waals surface area contributed by atoms with E-state index >= 15 is 0 Å². The molecular weight excluding hydrogens is 273 g/mol. The first-order chi connectivity index (χ1) is 7.61. The topological polar surface area (TPSA) is 46.2 Å². The molecule has 4 heteroatoms. The molecular formula is C12H17BrFNO. The molecule has 2 unspecified atom stereocenters. The summed E-state index contributed by atoms with van der Waals surface area (Å²) in [7, 11) is 0. The fourth-order valence-electron chi connectivity index (χ4n) is 1.78. The van der Waals surface area contributed by atoms with E-state index < -0.39 is 11.9 Å². The largest absolute Gasteiger partial charge is 0.388 e. The Morgan fingerprint density at radius 3 is 2.75 bits per heavy atom. The molecule has 0 saturated carbocycles. The van der Waals surface area contributed by atoms with E-state index in [1.807, 2.05) is 6.92 Å². The molecule has 0 amide bonds. The van der Waals surface area contributed by atoms with Crippen molar-refractivity contribution in [3.05, 3.63) is 34.1 Å². The number of hydrogen-bond acceptors (Lipinski definition) is 2. The Kier molecular flexibility index (Phi) is 5.38. The summed E-state index contributed by atoms with van der Waals surface area (Å²) >= 11 is 3.11. The van der Waals surface area contributed by atoms with Crippen molar-refractivity contribution in [1.82, 2.24) is 0 Å². The lowest BCUT2D eigenvalue weighted by atomic mass is 9.92. The summed E-state index contributed by atoms with van der Waals surface area (Å²) in [5, 5.41) is 10.1. The zero-order valence-corrected chi connectivity index (χ0v) is 10.9. The van der Waals surface area contributed by atoms with E-state index in [9.17, 15) is 9.50 Å². The van der Waals surface area contributed by atoms with Crippen LogP contribution >= 0.6 is 15.9 Å². The summed E-state index contributed by atoms with van der Waals surface area (Å²) in [4.78, 5) is 0. The van der Waals surface area contributed by atoms with Gasteiger partial charge in [0.1, 0.15) is 5.82 Å². The van der Waals surface area contributed by atoms with Gasteiger partial charge in [-0.1, -0.05) is 25.5 Å². The van der Waals surface area contributed by atoms with Gasteiger partial charge in [-0.25, -0.2) is 4.39 Å². The van der Waals surface area contributed by atoms with Crippen molar-refractivity contribution in [3.63, 3.8) is 0 Å². The molecule has 90 valence electrons. The van der Waals surface area contributed by atoms with E-state index in [4.69, 9.17) is 5.73 Å². The average Bonchev–Trinajstić information content (AvgIpc) is 2.29. The van der Waals surface area contributed by atoms with Crippen molar-refractivity contribution in [2.24, 2.45) is 11.7 Å². The summed E-state index contributed by atoms with van der Waals surface area (Å²) in [6.45, 7) is 2.38. The van der Waals surface area contributed by atoms with Crippen molar-refractivity contribution in [2.45, 2.75) is 25.9 Å². The molecule has 0 spiro atoms. The molecule has 0 bridgehead atoms. The fraction of sp³-hybridized carbons (Fsp3) is 0.500. The highest BCUT2D eigenvalue weighted by molar-refractivity contribution is 9.10. The lowest BCUT2D eigenvalue weighted by molar-refractivity contribution is 0.103. The highest BCUT2D eigenvalue weighted by Gasteiger charge is 2.22. The van der Waals surface area contributed by atoms with Gasteiger partial charge in [0.15, 0.2) is 0 Å². The van der Waals surface area contributed by atoms with E-state index in [2.05, 4.69) is 15.9 Å². The first-order valence-corrected chi connectivity index (χ1v) is 6.23. The van der Waals surface area contributed by atoms with Gasteiger partial charge in [0.25, 0.3) is 0 Å². The molecule has 0 heterocycles. The van der Waals surface area contributed by atoms with Gasteiger partial charge in [-0.3, -0.25) is 0 Å². The highest BCUT2D eigenvalue weighted by Crippen LogP contribution is 2.30. The van der Waals surface area contributed by atoms with Crippen LogP contribution in [0, 0.1) is 11.7 Å². The summed E-state index contributed by atoms with van der Waals surface area (Å²) in [5.74, 6) is -0.488. The molecule has 2 nitrogen and oxygen atoms in total. The SMILES string of the molecule is CCCC(CN)C(O)c1cccc(Br)c1F. The van der Waals surface area contributed by atoms with Crippen LogP contribution in [-0.2, 0) is 0 Å². The van der Waals surface area contributed by atoms with Crippen molar-refractivity contribution in [3.8, 4) is 0 Å². The van der Waals surface area contributed by atoms with Gasteiger partial charge in [-0.15, -0.1) is 0 Å². The van der Waals surface area contributed by atoms with E-state index in [0.29, 0.717) is 16.6 Å². The third-order valence-electron chi connectivity index (χ3n) is 2.71. The van der Waals surface area contributed by atoms with Crippen LogP contribution in [-0.4, -0.2) is 11.7 Å². The molecule has 0 aliphatic rings. The number of benzene rings is 1. The van der Waals surface area contributed by atoms with Crippen LogP contribution in [0.15, 0.2) is 22.7 Å². The molecule has 0 aliphatic heterocycles. The Labute approximate surface area is 104 Å². The molecule has 2 atom stereocenters. The van der Waals surface area contributed by atoms with Crippen LogP contribution in [0.3, 0.4) is 0 Å². The quantitative estimate of drug-likeness (QED) is 0.875. The molecule has 1 aromatic rings. The molecule has 0 aromatic heterocycles. The van der Waals surface area contributed by atoms with Crippen LogP contribution in [0.25, 0.3) is 0 Å². The van der Waals surface area contributed by atoms with Crippen molar-refractivity contribution in [1.29, 1.82) is 0 Å². The van der Waals surface area contributed by atoms with Gasteiger partial charge in [0, 0.05) is 11.5 Å². The van der Waals surface area contributed by atoms with Crippen molar-refractivity contribution < 1.29 is 9.50 Å². The first kappa shape index (κ1) is 13.6. The Hall–Kier alpha value is -0.450. The van der Waals surface area contributed by atoms with Gasteiger partial charge < -0.3 is 10.8 Å². The minimum absolute atomic E-state index is 0.0891. The van der Waals surface area contributed by atoms with Crippen LogP contribution in [0.2, 0.25) is 0 Å². The van der Waals surface area contributed by atoms with E-state index in [0.717, 1.165) is 12.8 Å². The molecule has 16 heavy (non-hydrogen) atoms. The predicted molar refractivity (Wildman–Crippen MR) is 66.5 cm³/mol. The highest BCUT2D eigenvalue weighted by atomic mass is 79.9. The summed E-state index contributed by atoms with van der Waals surface area (Å²) in [5.41, 5.74) is 5.91. The number of halogens is 2. The first-order valence-electron chi connectivity index (χ1n) is 5.43. The standard InChI is InChI=1S/C12H17BrFNO/c1-2-4-8(7-15)12(16)9-5-3-6-10(13)11(9)14/h3,5-6,8,12,16H,2,4,7,15H2,1H3. The zero-order chi connectivity index (χ0) is 12.1. The third kappa shape index (κ3) is 3.03. The summed E-state index contributed by atoms with van der Waals surface area (Å²) in [6, 6.07) is 4.93. The Morgan fingerprint density at radius 1 is 1.50 bits per heavy atom. The van der Waals surface area contributed by atoms with E-state index in [1.54, 1.807) is 18.2 Å². The minimum atomic E-state index is -0.831. The molecule has 0 radical (unpaired) electrons. The van der Waals surface area contributed by atoms with Crippen molar-refractivity contribution in [2.75, 3.05) is 6.54 Å². The molecule has 0 saturated heterocycles. The lowest BCUT2D eigenvalue weighted by Crippen LogP contribution is -2.22. The molecule has 1 rings (SSSR count). The number of aliphatic hydroxyl groups is 1. The van der Waals surface area contributed by atoms with Crippen molar-refractivity contribution >= 4 is 15.9 Å². The maximum Gasteiger partial charge on any atom is 0.143 e. The van der Waals surface area contributed by atoms with Gasteiger partial charge in [-0.2, -0.15) is 0 Å². The number of rotatable bonds is 5. The van der Waals surface area contributed by atoms with Gasteiger partial charge in [0.2, 0.25) is 0 Å². The summed E-state index contributed by atoms with van der Waals surface area (Å²) < 4.78 is 14.1. The maximum atomic E-state index is 13.7. The molecule has 0 aliphatic carbocycles. The molecule has 0 fully saturated rings. The van der Waals surface area contributed by atoms with Gasteiger partial charge >= 0.3 is 0 Å². The third-order valence-corrected chi connectivity index (χ3v) is 3.32. The lowest BCUT2D eigenvalue weighted by Gasteiger charge is -2.21. The maximum absolute atomic E-state index is 13.7. The summed E-state index contributed by atoms with van der Waals surface area (Å²) in [6.07, 6.45) is 0.889. The predicted octanol–water partition coefficient (Wildman–Crippen LogP) is 3.00. The normalized spacial score (nSPS) is 14.8. The van der Waals surface area contributed by atoms with Crippen LogP contribution in [0.4, 0.5) is 4.39 Å². The molecule has 3 N–H and O–H groups in total. The van der Waals surface area contributed by atoms with E-state index in [-0.39, 0.29) is 5.92 Å². The smallest absolute Gasteiger partial charge is 0.143 e. The fourth-order valence-corrected chi connectivity index (χ4v) is 2.16. The second-order valence-corrected chi connectivity index (χ2v) is 4.73. The Balaban J connectivity index is 2.94. The van der Waals surface area contributed by atoms with Crippen LogP contribution in [0.1, 0.15) is 31.4 Å². The van der Waals surface area contributed by atoms with Crippen LogP contribution < -0.4 is 5.73 Å². The van der Waals surface area contributed by atoms with Gasteiger partial charge in [-0.05, 0) is 35.0 Å². The Bertz CT molecular complexity index is 346. The zero-order valence-electron chi connectivity index (χ0n) is 9.29. The average molecular weight is 290 g/mol.